The van der Waals surface area contributed by atoms with Crippen molar-refractivity contribution in [3.63, 3.8) is 0 Å². The predicted octanol–water partition coefficient (Wildman–Crippen LogP) is 1.63. The lowest BCUT2D eigenvalue weighted by Gasteiger charge is -2.16. The number of rotatable bonds is 6. The van der Waals surface area contributed by atoms with Gasteiger partial charge < -0.3 is 11.1 Å². The zero-order chi connectivity index (χ0) is 13.7. The van der Waals surface area contributed by atoms with E-state index in [4.69, 9.17) is 5.73 Å². The molecule has 0 amide bonds. The van der Waals surface area contributed by atoms with Crippen LogP contribution in [0.2, 0.25) is 0 Å². The van der Waals surface area contributed by atoms with Crippen molar-refractivity contribution >= 4 is 11.9 Å². The van der Waals surface area contributed by atoms with Gasteiger partial charge in [0, 0.05) is 18.4 Å². The van der Waals surface area contributed by atoms with E-state index in [1.807, 2.05) is 0 Å². The molecule has 0 aliphatic rings. The van der Waals surface area contributed by atoms with Crippen molar-refractivity contribution in [3.8, 4) is 5.95 Å². The highest BCUT2D eigenvalue weighted by atomic mass is 15.3. The zero-order valence-corrected chi connectivity index (χ0v) is 11.2. The molecule has 2 heterocycles. The summed E-state index contributed by atoms with van der Waals surface area (Å²) in [6, 6.07) is 0.349. The number of nitrogens with one attached hydrogen (secondary N) is 1. The fourth-order valence-corrected chi connectivity index (χ4v) is 1.85. The van der Waals surface area contributed by atoms with E-state index in [1.54, 1.807) is 23.3 Å². The van der Waals surface area contributed by atoms with Gasteiger partial charge in [-0.25, -0.2) is 4.98 Å². The lowest BCUT2D eigenvalue weighted by molar-refractivity contribution is 0.617. The lowest BCUT2D eigenvalue weighted by Crippen LogP contribution is -2.21. The minimum atomic E-state index is 0.201. The molecule has 1 atom stereocenters. The highest BCUT2D eigenvalue weighted by Crippen LogP contribution is 2.11. The van der Waals surface area contributed by atoms with E-state index in [9.17, 15) is 0 Å². The Bertz CT molecular complexity index is 509. The van der Waals surface area contributed by atoms with Gasteiger partial charge in [0.25, 0.3) is 0 Å². The van der Waals surface area contributed by atoms with E-state index in [-0.39, 0.29) is 5.95 Å². The number of nitrogens with two attached hydrogens (primary N) is 1. The second-order valence-electron chi connectivity index (χ2n) is 4.33. The summed E-state index contributed by atoms with van der Waals surface area (Å²) in [7, 11) is 0. The van der Waals surface area contributed by atoms with E-state index in [0.29, 0.717) is 17.9 Å². The van der Waals surface area contributed by atoms with Crippen molar-refractivity contribution in [1.29, 1.82) is 0 Å². The Morgan fingerprint density at radius 3 is 2.79 bits per heavy atom. The minimum absolute atomic E-state index is 0.201. The first kappa shape index (κ1) is 13.3. The second-order valence-corrected chi connectivity index (χ2v) is 4.33. The third kappa shape index (κ3) is 3.40. The molecule has 3 N–H and O–H groups in total. The molecule has 0 saturated carbocycles. The molecular weight excluding hydrogens is 242 g/mol. The van der Waals surface area contributed by atoms with Crippen molar-refractivity contribution in [2.24, 2.45) is 0 Å². The lowest BCUT2D eigenvalue weighted by atomic mass is 10.1. The summed E-state index contributed by atoms with van der Waals surface area (Å²) < 4.78 is 1.70. The summed E-state index contributed by atoms with van der Waals surface area (Å²) in [6.07, 6.45) is 8.26. The van der Waals surface area contributed by atoms with Crippen molar-refractivity contribution in [2.45, 2.75) is 39.2 Å². The third-order valence-electron chi connectivity index (χ3n) is 2.84. The predicted molar refractivity (Wildman–Crippen MR) is 74.0 cm³/mol. The molecule has 2 aromatic heterocycles. The Hall–Kier alpha value is -2.18. The van der Waals surface area contributed by atoms with E-state index in [1.165, 1.54) is 0 Å². The Morgan fingerprint density at radius 1 is 1.32 bits per heavy atom. The van der Waals surface area contributed by atoms with Crippen molar-refractivity contribution in [1.82, 2.24) is 24.5 Å². The van der Waals surface area contributed by atoms with E-state index in [0.717, 1.165) is 19.3 Å². The van der Waals surface area contributed by atoms with Gasteiger partial charge in [-0.1, -0.05) is 20.3 Å². The van der Waals surface area contributed by atoms with Gasteiger partial charge in [-0.15, -0.1) is 0 Å². The maximum Gasteiger partial charge on any atom is 0.241 e. The van der Waals surface area contributed by atoms with Gasteiger partial charge in [0.15, 0.2) is 0 Å². The first-order valence-corrected chi connectivity index (χ1v) is 6.49. The highest BCUT2D eigenvalue weighted by Gasteiger charge is 2.10. The van der Waals surface area contributed by atoms with Gasteiger partial charge in [-0.3, -0.25) is 4.57 Å². The van der Waals surface area contributed by atoms with Gasteiger partial charge in [0.1, 0.15) is 6.33 Å². The van der Waals surface area contributed by atoms with E-state index < -0.39 is 0 Å². The van der Waals surface area contributed by atoms with Crippen molar-refractivity contribution in [3.05, 3.63) is 18.7 Å². The van der Waals surface area contributed by atoms with Crippen molar-refractivity contribution in [2.75, 3.05) is 11.1 Å². The van der Waals surface area contributed by atoms with Crippen LogP contribution in [-0.2, 0) is 0 Å². The molecule has 0 aromatic carbocycles. The molecule has 0 radical (unpaired) electrons. The largest absolute Gasteiger partial charge is 0.368 e. The maximum absolute atomic E-state index is 5.72. The topological polar surface area (TPSA) is 94.5 Å². The highest BCUT2D eigenvalue weighted by molar-refractivity contribution is 5.35. The van der Waals surface area contributed by atoms with E-state index >= 15 is 0 Å². The van der Waals surface area contributed by atoms with Crippen LogP contribution in [0.4, 0.5) is 11.9 Å². The molecular formula is C12H19N7. The third-order valence-corrected chi connectivity index (χ3v) is 2.84. The molecule has 102 valence electrons. The van der Waals surface area contributed by atoms with Crippen LogP contribution in [0, 0.1) is 0 Å². The SMILES string of the molecule is CCCC(CC)Nc1nc(N)nc(-n2ccnc2)n1. The number of hydrogen-bond acceptors (Lipinski definition) is 6. The number of hydrogen-bond donors (Lipinski definition) is 2. The summed E-state index contributed by atoms with van der Waals surface area (Å²) in [5.74, 6) is 1.18. The second kappa shape index (κ2) is 6.12. The van der Waals surface area contributed by atoms with E-state index in [2.05, 4.69) is 39.1 Å². The average molecular weight is 261 g/mol. The molecule has 0 aliphatic heterocycles. The molecule has 2 rings (SSSR count). The molecule has 2 aromatic rings. The minimum Gasteiger partial charge on any atom is -0.368 e. The van der Waals surface area contributed by atoms with Gasteiger partial charge in [0.2, 0.25) is 17.8 Å². The van der Waals surface area contributed by atoms with Crippen LogP contribution < -0.4 is 11.1 Å². The van der Waals surface area contributed by atoms with Gasteiger partial charge in [-0.2, -0.15) is 15.0 Å². The molecule has 0 bridgehead atoms. The summed E-state index contributed by atoms with van der Waals surface area (Å²) in [4.78, 5) is 16.5. The van der Waals surface area contributed by atoms with Crippen LogP contribution >= 0.6 is 0 Å². The normalized spacial score (nSPS) is 12.3. The molecule has 0 spiro atoms. The molecule has 1 unspecified atom stereocenters. The maximum atomic E-state index is 5.72. The van der Waals surface area contributed by atoms with Gasteiger partial charge >= 0.3 is 0 Å². The number of anilines is 2. The molecule has 0 fully saturated rings. The number of nitrogen functional groups attached to an aromatic ring is 1. The number of nitrogens with zero attached hydrogens (tertiary/aromatic N) is 5. The van der Waals surface area contributed by atoms with Gasteiger partial charge in [0.05, 0.1) is 0 Å². The zero-order valence-electron chi connectivity index (χ0n) is 11.2. The number of imidazole rings is 1. The van der Waals surface area contributed by atoms with Crippen molar-refractivity contribution < 1.29 is 0 Å². The Balaban J connectivity index is 2.21. The monoisotopic (exact) mass is 261 g/mol. The average Bonchev–Trinajstić information content (AvgIpc) is 2.91. The summed E-state index contributed by atoms with van der Waals surface area (Å²) in [5, 5.41) is 3.30. The standard InChI is InChI=1S/C12H19N7/c1-3-5-9(4-2)15-11-16-10(13)17-12(18-11)19-7-6-14-8-19/h6-9H,3-5H2,1-2H3,(H3,13,15,16,17,18). The number of aromatic nitrogens is 5. The van der Waals surface area contributed by atoms with Crippen LogP contribution in [0.15, 0.2) is 18.7 Å². The van der Waals surface area contributed by atoms with Crippen LogP contribution in [0.25, 0.3) is 5.95 Å². The quantitative estimate of drug-likeness (QED) is 0.820. The fourth-order valence-electron chi connectivity index (χ4n) is 1.85. The van der Waals surface area contributed by atoms with Gasteiger partial charge in [-0.05, 0) is 12.8 Å². The smallest absolute Gasteiger partial charge is 0.241 e. The Morgan fingerprint density at radius 2 is 2.16 bits per heavy atom. The Labute approximate surface area is 112 Å². The molecule has 19 heavy (non-hydrogen) atoms. The first-order chi connectivity index (χ1) is 9.22. The van der Waals surface area contributed by atoms with Crippen LogP contribution in [0.3, 0.4) is 0 Å². The fraction of sp³-hybridized carbons (Fsp3) is 0.500. The molecule has 7 heteroatoms. The summed E-state index contributed by atoms with van der Waals surface area (Å²) >= 11 is 0. The summed E-state index contributed by atoms with van der Waals surface area (Å²) in [6.45, 7) is 4.29. The van der Waals surface area contributed by atoms with Crippen LogP contribution in [0.5, 0.6) is 0 Å². The molecule has 7 nitrogen and oxygen atoms in total. The molecule has 0 aliphatic carbocycles. The Kier molecular flexibility index (Phi) is 4.27. The van der Waals surface area contributed by atoms with Crippen LogP contribution in [-0.4, -0.2) is 30.5 Å². The first-order valence-electron chi connectivity index (χ1n) is 6.49. The van der Waals surface area contributed by atoms with Crippen LogP contribution in [0.1, 0.15) is 33.1 Å². The summed E-state index contributed by atoms with van der Waals surface area (Å²) in [5.41, 5.74) is 5.72. The molecule has 0 saturated heterocycles.